The minimum absolute atomic E-state index is 0.0783. The summed E-state index contributed by atoms with van der Waals surface area (Å²) in [6.45, 7) is 6.03. The van der Waals surface area contributed by atoms with Crippen LogP contribution in [0.5, 0.6) is 0 Å². The fourth-order valence-electron chi connectivity index (χ4n) is 6.89. The average molecular weight is 482 g/mol. The molecule has 1 aromatic rings. The van der Waals surface area contributed by atoms with Crippen molar-refractivity contribution in [2.24, 2.45) is 28.7 Å². The molecule has 0 aromatic heterocycles. The number of aryl methyl sites for hydroxylation is 1. The van der Waals surface area contributed by atoms with Gasteiger partial charge in [-0.2, -0.15) is 0 Å². The van der Waals surface area contributed by atoms with Crippen molar-refractivity contribution in [1.82, 2.24) is 4.90 Å². The van der Waals surface area contributed by atoms with Crippen LogP contribution in [0.25, 0.3) is 0 Å². The fraction of sp³-hybridized carbons (Fsp3) is 0.690. The first-order valence-electron chi connectivity index (χ1n) is 13.6. The van der Waals surface area contributed by atoms with Gasteiger partial charge >= 0.3 is 0 Å². The Morgan fingerprint density at radius 1 is 1.14 bits per heavy atom. The Bertz CT molecular complexity index is 944. The van der Waals surface area contributed by atoms with Gasteiger partial charge in [0.25, 0.3) is 5.91 Å². The van der Waals surface area contributed by atoms with E-state index in [1.165, 1.54) is 30.4 Å². The fourth-order valence-corrected chi connectivity index (χ4v) is 6.89. The lowest BCUT2D eigenvalue weighted by Gasteiger charge is -2.48. The maximum Gasteiger partial charge on any atom is 0.253 e. The summed E-state index contributed by atoms with van der Waals surface area (Å²) in [7, 11) is 1.78. The molecule has 1 aromatic carbocycles. The van der Waals surface area contributed by atoms with Gasteiger partial charge in [0.15, 0.2) is 0 Å². The van der Waals surface area contributed by atoms with Crippen LogP contribution in [0.3, 0.4) is 0 Å². The molecule has 35 heavy (non-hydrogen) atoms. The number of rotatable bonds is 8. The molecule has 1 saturated heterocycles. The Morgan fingerprint density at radius 3 is 2.49 bits per heavy atom. The van der Waals surface area contributed by atoms with Crippen molar-refractivity contribution in [3.63, 3.8) is 0 Å². The highest BCUT2D eigenvalue weighted by molar-refractivity contribution is 5.91. The van der Waals surface area contributed by atoms with Gasteiger partial charge in [-0.15, -0.1) is 0 Å². The van der Waals surface area contributed by atoms with Crippen LogP contribution in [0, 0.1) is 17.3 Å². The SMILES string of the molecule is C=C(N)N(CC1CCOCC1)C(=O)C1(N)c2cc(CCC3CC3)ccc2CC12CCC(OC)CC2. The van der Waals surface area contributed by atoms with Crippen LogP contribution in [0.2, 0.25) is 0 Å². The summed E-state index contributed by atoms with van der Waals surface area (Å²) in [4.78, 5) is 16.3. The number of benzene rings is 1. The summed E-state index contributed by atoms with van der Waals surface area (Å²) in [5.41, 5.74) is 15.8. The molecule has 1 atom stereocenters. The third kappa shape index (κ3) is 4.65. The molecule has 1 unspecified atom stereocenters. The molecule has 3 aliphatic carbocycles. The van der Waals surface area contributed by atoms with E-state index in [9.17, 15) is 4.79 Å². The van der Waals surface area contributed by atoms with Crippen LogP contribution in [0.4, 0.5) is 0 Å². The molecule has 1 spiro atoms. The zero-order chi connectivity index (χ0) is 24.6. The van der Waals surface area contributed by atoms with Crippen LogP contribution in [0.15, 0.2) is 30.6 Å². The normalized spacial score (nSPS) is 30.9. The van der Waals surface area contributed by atoms with E-state index in [4.69, 9.17) is 20.9 Å². The predicted octanol–water partition coefficient (Wildman–Crippen LogP) is 4.00. The van der Waals surface area contributed by atoms with Crippen LogP contribution >= 0.6 is 0 Å². The van der Waals surface area contributed by atoms with Crippen molar-refractivity contribution in [2.45, 2.75) is 82.3 Å². The number of nitrogens with zero attached hydrogens (tertiary/aromatic N) is 1. The van der Waals surface area contributed by atoms with E-state index in [-0.39, 0.29) is 17.4 Å². The van der Waals surface area contributed by atoms with E-state index in [2.05, 4.69) is 24.8 Å². The maximum atomic E-state index is 14.6. The molecular formula is C29H43N3O3. The average Bonchev–Trinajstić information content (AvgIpc) is 3.67. The third-order valence-electron chi connectivity index (χ3n) is 9.44. The van der Waals surface area contributed by atoms with Gasteiger partial charge in [-0.3, -0.25) is 9.69 Å². The summed E-state index contributed by atoms with van der Waals surface area (Å²) in [6, 6.07) is 6.75. The minimum Gasteiger partial charge on any atom is -0.386 e. The molecule has 6 nitrogen and oxygen atoms in total. The van der Waals surface area contributed by atoms with Crippen LogP contribution in [-0.2, 0) is 32.6 Å². The molecule has 6 heteroatoms. The maximum absolute atomic E-state index is 14.6. The first-order chi connectivity index (χ1) is 16.9. The number of carbonyl (C=O) groups is 1. The van der Waals surface area contributed by atoms with E-state index >= 15 is 0 Å². The number of hydrogen-bond acceptors (Lipinski definition) is 5. The highest BCUT2D eigenvalue weighted by Gasteiger charge is 2.61. The minimum atomic E-state index is -1.11. The van der Waals surface area contributed by atoms with Crippen molar-refractivity contribution >= 4 is 5.91 Å². The highest BCUT2D eigenvalue weighted by atomic mass is 16.5. The number of fused-ring (bicyclic) bond motifs is 1. The zero-order valence-electron chi connectivity index (χ0n) is 21.4. The largest absolute Gasteiger partial charge is 0.386 e. The second-order valence-electron chi connectivity index (χ2n) is 11.6. The monoisotopic (exact) mass is 481 g/mol. The highest BCUT2D eigenvalue weighted by Crippen LogP contribution is 2.57. The quantitative estimate of drug-likeness (QED) is 0.586. The standard InChI is InChI=1S/C29H43N3O3/c1-20(30)32(19-23-11-15-35-16-12-23)27(33)29(31)26-17-22(6-5-21-3-4-21)7-8-24(26)18-28(29)13-9-25(34-2)10-14-28/h7-8,17,21,23,25H,1,3-6,9-16,18-19,30-31H2,2H3. The predicted molar refractivity (Wildman–Crippen MR) is 137 cm³/mol. The number of ether oxygens (including phenoxy) is 2. The van der Waals surface area contributed by atoms with Gasteiger partial charge in [0, 0.05) is 32.3 Å². The molecule has 5 rings (SSSR count). The lowest BCUT2D eigenvalue weighted by molar-refractivity contribution is -0.144. The van der Waals surface area contributed by atoms with Crippen molar-refractivity contribution in [3.8, 4) is 0 Å². The summed E-state index contributed by atoms with van der Waals surface area (Å²) >= 11 is 0. The van der Waals surface area contributed by atoms with Crippen LogP contribution < -0.4 is 11.5 Å². The Morgan fingerprint density at radius 2 is 1.86 bits per heavy atom. The molecule has 192 valence electrons. The summed E-state index contributed by atoms with van der Waals surface area (Å²) in [6.07, 6.45) is 11.5. The molecule has 0 bridgehead atoms. The van der Waals surface area contributed by atoms with Crippen molar-refractivity contribution in [2.75, 3.05) is 26.9 Å². The second-order valence-corrected chi connectivity index (χ2v) is 11.6. The molecule has 4 N–H and O–H groups in total. The van der Waals surface area contributed by atoms with E-state index in [1.807, 2.05) is 0 Å². The molecular weight excluding hydrogens is 438 g/mol. The summed E-state index contributed by atoms with van der Waals surface area (Å²) < 4.78 is 11.2. The van der Waals surface area contributed by atoms with Gasteiger partial charge in [-0.05, 0) is 86.3 Å². The van der Waals surface area contributed by atoms with E-state index in [0.717, 1.165) is 76.1 Å². The topological polar surface area (TPSA) is 90.8 Å². The van der Waals surface area contributed by atoms with E-state index in [0.29, 0.717) is 18.3 Å². The zero-order valence-corrected chi connectivity index (χ0v) is 21.4. The second kappa shape index (κ2) is 9.87. The molecule has 1 aliphatic heterocycles. The summed E-state index contributed by atoms with van der Waals surface area (Å²) in [5.74, 6) is 1.44. The Kier molecular flexibility index (Phi) is 6.99. The number of methoxy groups -OCH3 is 1. The molecule has 1 amide bonds. The van der Waals surface area contributed by atoms with Gasteiger partial charge < -0.3 is 20.9 Å². The van der Waals surface area contributed by atoms with Gasteiger partial charge in [-0.25, -0.2) is 0 Å². The Hall–Kier alpha value is -1.89. The molecule has 3 fully saturated rings. The van der Waals surface area contributed by atoms with Gasteiger partial charge in [-0.1, -0.05) is 37.6 Å². The molecule has 4 aliphatic rings. The smallest absolute Gasteiger partial charge is 0.253 e. The first-order valence-corrected chi connectivity index (χ1v) is 13.6. The number of hydrogen-bond donors (Lipinski definition) is 2. The Labute approximate surface area is 210 Å². The molecule has 2 saturated carbocycles. The number of amides is 1. The molecule has 1 heterocycles. The van der Waals surface area contributed by atoms with Crippen molar-refractivity contribution in [1.29, 1.82) is 0 Å². The van der Waals surface area contributed by atoms with Crippen LogP contribution in [-0.4, -0.2) is 43.8 Å². The van der Waals surface area contributed by atoms with Gasteiger partial charge in [0.1, 0.15) is 5.54 Å². The lowest BCUT2D eigenvalue weighted by Crippen LogP contribution is -2.62. The van der Waals surface area contributed by atoms with Gasteiger partial charge in [0.2, 0.25) is 0 Å². The third-order valence-corrected chi connectivity index (χ3v) is 9.44. The van der Waals surface area contributed by atoms with Crippen LogP contribution in [0.1, 0.15) is 74.5 Å². The summed E-state index contributed by atoms with van der Waals surface area (Å²) in [5, 5.41) is 0. The number of nitrogens with two attached hydrogens (primary N) is 2. The van der Waals surface area contributed by atoms with Crippen molar-refractivity contribution in [3.05, 3.63) is 47.3 Å². The van der Waals surface area contributed by atoms with E-state index in [1.54, 1.807) is 12.0 Å². The number of carbonyl (C=O) groups excluding carboxylic acids is 1. The van der Waals surface area contributed by atoms with Crippen molar-refractivity contribution < 1.29 is 14.3 Å². The first kappa shape index (κ1) is 24.8. The molecule has 0 radical (unpaired) electrons. The Balaban J connectivity index is 1.50. The lowest BCUT2D eigenvalue weighted by atomic mass is 9.61. The van der Waals surface area contributed by atoms with E-state index < -0.39 is 5.54 Å². The van der Waals surface area contributed by atoms with Gasteiger partial charge in [0.05, 0.1) is 11.9 Å².